The van der Waals surface area contributed by atoms with Crippen LogP contribution >= 0.6 is 0 Å². The summed E-state index contributed by atoms with van der Waals surface area (Å²) in [6.45, 7) is 5.72. The lowest BCUT2D eigenvalue weighted by Crippen LogP contribution is -2.26. The zero-order valence-corrected chi connectivity index (χ0v) is 9.53. The van der Waals surface area contributed by atoms with Gasteiger partial charge in [0.15, 0.2) is 5.78 Å². The van der Waals surface area contributed by atoms with Gasteiger partial charge < -0.3 is 5.11 Å². The number of aryl methyl sites for hydroxylation is 1. The molecule has 0 aromatic heterocycles. The van der Waals surface area contributed by atoms with Crippen LogP contribution in [0.15, 0.2) is 24.3 Å². The maximum Gasteiger partial charge on any atom is 0.191 e. The number of carbonyl (C=O) groups excluding carboxylic acids is 1. The first-order valence-corrected chi connectivity index (χ1v) is 5.37. The van der Waals surface area contributed by atoms with Crippen LogP contribution in [0, 0.1) is 5.92 Å². The van der Waals surface area contributed by atoms with E-state index in [1.807, 2.05) is 39.0 Å². The number of aliphatic hydroxyl groups is 1. The van der Waals surface area contributed by atoms with Gasteiger partial charge in [0.25, 0.3) is 0 Å². The van der Waals surface area contributed by atoms with Crippen molar-refractivity contribution in [2.75, 3.05) is 0 Å². The fraction of sp³-hybridized carbons (Fsp3) is 0.462. The van der Waals surface area contributed by atoms with Crippen molar-refractivity contribution in [3.63, 3.8) is 0 Å². The highest BCUT2D eigenvalue weighted by Gasteiger charge is 2.20. The van der Waals surface area contributed by atoms with Crippen molar-refractivity contribution < 1.29 is 9.90 Å². The van der Waals surface area contributed by atoms with Gasteiger partial charge in [-0.3, -0.25) is 4.79 Å². The molecule has 0 aliphatic heterocycles. The molecule has 1 rings (SSSR count). The van der Waals surface area contributed by atoms with Gasteiger partial charge in [0, 0.05) is 5.56 Å². The van der Waals surface area contributed by atoms with Gasteiger partial charge in [0.1, 0.15) is 6.10 Å². The number of carbonyl (C=O) groups is 1. The maximum atomic E-state index is 11.8. The average Bonchev–Trinajstić information content (AvgIpc) is 2.27. The van der Waals surface area contributed by atoms with Crippen LogP contribution in [0.3, 0.4) is 0 Å². The smallest absolute Gasteiger partial charge is 0.191 e. The minimum Gasteiger partial charge on any atom is -0.385 e. The van der Waals surface area contributed by atoms with Crippen LogP contribution in [0.2, 0.25) is 0 Å². The van der Waals surface area contributed by atoms with E-state index in [1.165, 1.54) is 0 Å². The Morgan fingerprint density at radius 1 is 1.40 bits per heavy atom. The molecule has 0 radical (unpaired) electrons. The van der Waals surface area contributed by atoms with Gasteiger partial charge in [-0.1, -0.05) is 39.0 Å². The summed E-state index contributed by atoms with van der Waals surface area (Å²) in [7, 11) is 0. The first-order valence-electron chi connectivity index (χ1n) is 5.37. The van der Waals surface area contributed by atoms with Gasteiger partial charge in [-0.25, -0.2) is 0 Å². The summed E-state index contributed by atoms with van der Waals surface area (Å²) in [6.07, 6.45) is 0.0101. The van der Waals surface area contributed by atoms with E-state index in [4.69, 9.17) is 0 Å². The van der Waals surface area contributed by atoms with Gasteiger partial charge in [0.2, 0.25) is 0 Å². The number of hydrogen-bond acceptors (Lipinski definition) is 2. The molecule has 0 aliphatic rings. The standard InChI is InChI=1S/C13H18O2/c1-4-10-6-5-7-11(8-10)13(15)12(14)9(2)3/h5-9,12,14H,4H2,1-3H3. The van der Waals surface area contributed by atoms with Crippen LogP contribution in [-0.2, 0) is 6.42 Å². The fourth-order valence-electron chi connectivity index (χ4n) is 1.42. The topological polar surface area (TPSA) is 37.3 Å². The second-order valence-corrected chi connectivity index (χ2v) is 4.11. The molecule has 2 heteroatoms. The second-order valence-electron chi connectivity index (χ2n) is 4.11. The number of hydrogen-bond donors (Lipinski definition) is 1. The normalized spacial score (nSPS) is 12.9. The van der Waals surface area contributed by atoms with Gasteiger partial charge in [-0.15, -0.1) is 0 Å². The van der Waals surface area contributed by atoms with E-state index in [1.54, 1.807) is 6.07 Å². The van der Waals surface area contributed by atoms with Crippen molar-refractivity contribution in [2.45, 2.75) is 33.3 Å². The molecule has 1 aromatic carbocycles. The van der Waals surface area contributed by atoms with Crippen molar-refractivity contribution in [1.29, 1.82) is 0 Å². The third-order valence-electron chi connectivity index (χ3n) is 2.52. The third-order valence-corrected chi connectivity index (χ3v) is 2.52. The summed E-state index contributed by atoms with van der Waals surface area (Å²) in [5.74, 6) is -0.219. The first-order chi connectivity index (χ1) is 7.06. The molecule has 15 heavy (non-hydrogen) atoms. The molecule has 82 valence electrons. The van der Waals surface area contributed by atoms with E-state index in [0.717, 1.165) is 12.0 Å². The fourth-order valence-corrected chi connectivity index (χ4v) is 1.42. The van der Waals surface area contributed by atoms with Crippen molar-refractivity contribution in [3.8, 4) is 0 Å². The lowest BCUT2D eigenvalue weighted by Gasteiger charge is -2.13. The van der Waals surface area contributed by atoms with Gasteiger partial charge >= 0.3 is 0 Å². The molecule has 0 saturated heterocycles. The predicted octanol–water partition coefficient (Wildman–Crippen LogP) is 2.45. The minimum atomic E-state index is -0.892. The average molecular weight is 206 g/mol. The Bertz CT molecular complexity index is 342. The molecular formula is C13H18O2. The quantitative estimate of drug-likeness (QED) is 0.768. The summed E-state index contributed by atoms with van der Waals surface area (Å²) >= 11 is 0. The molecular weight excluding hydrogens is 188 g/mol. The molecule has 1 N–H and O–H groups in total. The summed E-state index contributed by atoms with van der Waals surface area (Å²) in [6, 6.07) is 7.46. The van der Waals surface area contributed by atoms with Crippen molar-refractivity contribution in [1.82, 2.24) is 0 Å². The molecule has 0 saturated carbocycles. The number of ketones is 1. The number of benzene rings is 1. The van der Waals surface area contributed by atoms with Crippen LogP contribution in [0.25, 0.3) is 0 Å². The van der Waals surface area contributed by atoms with Crippen molar-refractivity contribution in [3.05, 3.63) is 35.4 Å². The van der Waals surface area contributed by atoms with E-state index in [-0.39, 0.29) is 11.7 Å². The zero-order valence-electron chi connectivity index (χ0n) is 9.53. The summed E-state index contributed by atoms with van der Waals surface area (Å²) in [5, 5.41) is 9.66. The van der Waals surface area contributed by atoms with E-state index >= 15 is 0 Å². The third kappa shape index (κ3) is 2.90. The summed E-state index contributed by atoms with van der Waals surface area (Å²) in [5.41, 5.74) is 1.73. The Balaban J connectivity index is 2.91. The number of aliphatic hydroxyl groups excluding tert-OH is 1. The van der Waals surface area contributed by atoms with Gasteiger partial charge in [-0.2, -0.15) is 0 Å². The molecule has 0 spiro atoms. The molecule has 2 nitrogen and oxygen atoms in total. The highest BCUT2D eigenvalue weighted by molar-refractivity contribution is 5.99. The Morgan fingerprint density at radius 2 is 2.07 bits per heavy atom. The van der Waals surface area contributed by atoms with Crippen LogP contribution in [0.1, 0.15) is 36.7 Å². The Hall–Kier alpha value is -1.15. The second kappa shape index (κ2) is 5.08. The Morgan fingerprint density at radius 3 is 2.60 bits per heavy atom. The summed E-state index contributed by atoms with van der Waals surface area (Å²) in [4.78, 5) is 11.8. The molecule has 0 aliphatic carbocycles. The van der Waals surface area contributed by atoms with Crippen LogP contribution in [0.4, 0.5) is 0 Å². The molecule has 1 unspecified atom stereocenters. The monoisotopic (exact) mass is 206 g/mol. The molecule has 0 fully saturated rings. The first kappa shape index (κ1) is 11.9. The van der Waals surface area contributed by atoms with E-state index in [2.05, 4.69) is 0 Å². The van der Waals surface area contributed by atoms with Crippen LogP contribution in [0.5, 0.6) is 0 Å². The van der Waals surface area contributed by atoms with Crippen molar-refractivity contribution >= 4 is 5.78 Å². The largest absolute Gasteiger partial charge is 0.385 e. The zero-order chi connectivity index (χ0) is 11.4. The molecule has 0 bridgehead atoms. The number of rotatable bonds is 4. The molecule has 0 amide bonds. The minimum absolute atomic E-state index is 0.0391. The lowest BCUT2D eigenvalue weighted by atomic mass is 9.96. The molecule has 1 atom stereocenters. The maximum absolute atomic E-state index is 11.8. The Labute approximate surface area is 90.9 Å². The van der Waals surface area contributed by atoms with E-state index in [9.17, 15) is 9.90 Å². The molecule has 0 heterocycles. The van der Waals surface area contributed by atoms with Crippen molar-refractivity contribution in [2.24, 2.45) is 5.92 Å². The van der Waals surface area contributed by atoms with Crippen LogP contribution in [-0.4, -0.2) is 17.0 Å². The summed E-state index contributed by atoms with van der Waals surface area (Å²) < 4.78 is 0. The van der Waals surface area contributed by atoms with E-state index < -0.39 is 6.10 Å². The lowest BCUT2D eigenvalue weighted by molar-refractivity contribution is 0.0648. The number of Topliss-reactive ketones (excluding diaryl/α,β-unsaturated/α-hetero) is 1. The van der Waals surface area contributed by atoms with Gasteiger partial charge in [0.05, 0.1) is 0 Å². The van der Waals surface area contributed by atoms with E-state index in [0.29, 0.717) is 5.56 Å². The van der Waals surface area contributed by atoms with Gasteiger partial charge in [-0.05, 0) is 24.0 Å². The van der Waals surface area contributed by atoms with Crippen LogP contribution < -0.4 is 0 Å². The Kier molecular flexibility index (Phi) is 4.04. The SMILES string of the molecule is CCc1cccc(C(=O)C(O)C(C)C)c1. The molecule has 1 aromatic rings. The highest BCUT2D eigenvalue weighted by Crippen LogP contribution is 2.12. The predicted molar refractivity (Wildman–Crippen MR) is 61.0 cm³/mol. The highest BCUT2D eigenvalue weighted by atomic mass is 16.3.